The lowest BCUT2D eigenvalue weighted by atomic mass is 10.1. The van der Waals surface area contributed by atoms with E-state index in [0.717, 1.165) is 11.6 Å². The minimum Gasteiger partial charge on any atom is -0.480 e. The smallest absolute Gasteiger partial charge is 0.237 e. The quantitative estimate of drug-likeness (QED) is 0.810. The van der Waals surface area contributed by atoms with E-state index in [4.69, 9.17) is 4.74 Å². The van der Waals surface area contributed by atoms with Crippen molar-refractivity contribution in [3.63, 3.8) is 0 Å². The molecule has 1 fully saturated rings. The average Bonchev–Trinajstić information content (AvgIpc) is 2.97. The topological polar surface area (TPSA) is 47.0 Å². The molecule has 1 aliphatic carbocycles. The molecule has 0 aromatic carbocycles. The molecule has 2 rings (SSSR count). The lowest BCUT2D eigenvalue weighted by Gasteiger charge is -2.16. The van der Waals surface area contributed by atoms with Crippen LogP contribution in [0.1, 0.15) is 25.1 Å². The summed E-state index contributed by atoms with van der Waals surface area (Å²) in [6.45, 7) is 2.26. The molecule has 82 valence electrons. The van der Waals surface area contributed by atoms with Crippen LogP contribution in [0.5, 0.6) is 5.88 Å². The minimum absolute atomic E-state index is 0.267. The molecule has 3 unspecified atom stereocenters. The maximum absolute atomic E-state index is 5.23. The highest BCUT2D eigenvalue weighted by Gasteiger charge is 2.41. The lowest BCUT2D eigenvalue weighted by Crippen LogP contribution is -2.21. The van der Waals surface area contributed by atoms with Gasteiger partial charge in [-0.05, 0) is 25.3 Å². The van der Waals surface area contributed by atoms with Crippen LogP contribution in [0, 0.1) is 11.8 Å². The minimum atomic E-state index is 0.267. The molecule has 4 nitrogen and oxygen atoms in total. The molecule has 1 aliphatic rings. The van der Waals surface area contributed by atoms with Crippen LogP contribution in [-0.2, 0) is 0 Å². The summed E-state index contributed by atoms with van der Waals surface area (Å²) in [5.41, 5.74) is 0.928. The number of aromatic nitrogens is 2. The first kappa shape index (κ1) is 10.4. The number of hydrogen-bond donors (Lipinski definition) is 1. The van der Waals surface area contributed by atoms with E-state index in [-0.39, 0.29) is 6.04 Å². The summed E-state index contributed by atoms with van der Waals surface area (Å²) >= 11 is 0. The zero-order valence-electron chi connectivity index (χ0n) is 9.40. The van der Waals surface area contributed by atoms with E-state index >= 15 is 0 Å². The third-order valence-corrected chi connectivity index (χ3v) is 3.09. The summed E-state index contributed by atoms with van der Waals surface area (Å²) in [6, 6.07) is 0.267. The lowest BCUT2D eigenvalue weighted by molar-refractivity contribution is 0.371. The SMILES string of the molecule is CNC(c1nccnc1OC)C1CC1C. The molecule has 0 amide bonds. The van der Waals surface area contributed by atoms with Crippen LogP contribution >= 0.6 is 0 Å². The molecule has 15 heavy (non-hydrogen) atoms. The highest BCUT2D eigenvalue weighted by molar-refractivity contribution is 5.23. The molecule has 4 heteroatoms. The predicted octanol–water partition coefficient (Wildman–Crippen LogP) is 1.40. The fourth-order valence-corrected chi connectivity index (χ4v) is 2.08. The highest BCUT2D eigenvalue weighted by Crippen LogP contribution is 2.47. The van der Waals surface area contributed by atoms with E-state index < -0.39 is 0 Å². The van der Waals surface area contributed by atoms with Gasteiger partial charge < -0.3 is 10.1 Å². The van der Waals surface area contributed by atoms with Crippen molar-refractivity contribution in [1.82, 2.24) is 15.3 Å². The molecule has 1 N–H and O–H groups in total. The standard InChI is InChI=1S/C11H17N3O/c1-7-6-8(7)9(12-2)10-11(15-3)14-5-4-13-10/h4-5,7-9,12H,6H2,1-3H3. The van der Waals surface area contributed by atoms with Crippen molar-refractivity contribution >= 4 is 0 Å². The van der Waals surface area contributed by atoms with E-state index in [9.17, 15) is 0 Å². The van der Waals surface area contributed by atoms with Gasteiger partial charge in [0.2, 0.25) is 5.88 Å². The van der Waals surface area contributed by atoms with Gasteiger partial charge in [0, 0.05) is 12.4 Å². The fourth-order valence-electron chi connectivity index (χ4n) is 2.08. The summed E-state index contributed by atoms with van der Waals surface area (Å²) in [5.74, 6) is 2.07. The first-order valence-electron chi connectivity index (χ1n) is 5.30. The molecule has 0 spiro atoms. The highest BCUT2D eigenvalue weighted by atomic mass is 16.5. The number of nitrogens with one attached hydrogen (secondary N) is 1. The van der Waals surface area contributed by atoms with Gasteiger partial charge >= 0.3 is 0 Å². The van der Waals surface area contributed by atoms with Crippen molar-refractivity contribution < 1.29 is 4.74 Å². The van der Waals surface area contributed by atoms with Gasteiger partial charge in [-0.2, -0.15) is 0 Å². The molecule has 1 heterocycles. The summed E-state index contributed by atoms with van der Waals surface area (Å²) in [5, 5.41) is 3.30. The molecule has 1 aromatic rings. The van der Waals surface area contributed by atoms with Crippen LogP contribution in [-0.4, -0.2) is 24.1 Å². The zero-order chi connectivity index (χ0) is 10.8. The molecule has 0 saturated heterocycles. The van der Waals surface area contributed by atoms with Gasteiger partial charge in [-0.15, -0.1) is 0 Å². The van der Waals surface area contributed by atoms with Crippen LogP contribution in [0.25, 0.3) is 0 Å². The van der Waals surface area contributed by atoms with Crippen molar-refractivity contribution in [3.8, 4) is 5.88 Å². The van der Waals surface area contributed by atoms with Gasteiger partial charge in [-0.25, -0.2) is 4.98 Å². The summed E-state index contributed by atoms with van der Waals surface area (Å²) < 4.78 is 5.23. The number of methoxy groups -OCH3 is 1. The van der Waals surface area contributed by atoms with Crippen LogP contribution in [0.4, 0.5) is 0 Å². The van der Waals surface area contributed by atoms with Gasteiger partial charge in [0.1, 0.15) is 5.69 Å². The molecular weight excluding hydrogens is 190 g/mol. The molecule has 0 bridgehead atoms. The normalized spacial score (nSPS) is 26.1. The van der Waals surface area contributed by atoms with Crippen molar-refractivity contribution in [2.24, 2.45) is 11.8 Å². The van der Waals surface area contributed by atoms with Crippen LogP contribution in [0.3, 0.4) is 0 Å². The summed E-state index contributed by atoms with van der Waals surface area (Å²) in [7, 11) is 3.60. The third-order valence-electron chi connectivity index (χ3n) is 3.09. The van der Waals surface area contributed by atoms with Crippen LogP contribution < -0.4 is 10.1 Å². The number of ether oxygens (including phenoxy) is 1. The second-order valence-corrected chi connectivity index (χ2v) is 4.09. The van der Waals surface area contributed by atoms with Crippen molar-refractivity contribution in [1.29, 1.82) is 0 Å². The average molecular weight is 207 g/mol. The second kappa shape index (κ2) is 4.14. The fraction of sp³-hybridized carbons (Fsp3) is 0.636. The van der Waals surface area contributed by atoms with E-state index in [0.29, 0.717) is 11.8 Å². The predicted molar refractivity (Wildman–Crippen MR) is 57.7 cm³/mol. The van der Waals surface area contributed by atoms with Crippen molar-refractivity contribution in [3.05, 3.63) is 18.1 Å². The van der Waals surface area contributed by atoms with Crippen LogP contribution in [0.2, 0.25) is 0 Å². The molecule has 3 atom stereocenters. The Morgan fingerprint density at radius 1 is 1.47 bits per heavy atom. The Hall–Kier alpha value is -1.16. The molecule has 1 saturated carbocycles. The summed E-state index contributed by atoms with van der Waals surface area (Å²) in [4.78, 5) is 8.54. The van der Waals surface area contributed by atoms with Gasteiger partial charge in [0.05, 0.1) is 13.2 Å². The Kier molecular flexibility index (Phi) is 2.86. The Morgan fingerprint density at radius 2 is 2.13 bits per heavy atom. The van der Waals surface area contributed by atoms with Gasteiger partial charge in [-0.3, -0.25) is 4.98 Å². The molecule has 0 aliphatic heterocycles. The Bertz CT molecular complexity index is 342. The Labute approximate surface area is 90.1 Å². The number of nitrogens with zero attached hydrogens (tertiary/aromatic N) is 2. The van der Waals surface area contributed by atoms with Crippen molar-refractivity contribution in [2.75, 3.05) is 14.2 Å². The Morgan fingerprint density at radius 3 is 2.67 bits per heavy atom. The van der Waals surface area contributed by atoms with Gasteiger partial charge in [0.25, 0.3) is 0 Å². The zero-order valence-corrected chi connectivity index (χ0v) is 9.40. The molecular formula is C11H17N3O. The van der Waals surface area contributed by atoms with E-state index in [1.165, 1.54) is 6.42 Å². The first-order valence-corrected chi connectivity index (χ1v) is 5.30. The van der Waals surface area contributed by atoms with E-state index in [1.54, 1.807) is 19.5 Å². The maximum atomic E-state index is 5.23. The Balaban J connectivity index is 2.25. The largest absolute Gasteiger partial charge is 0.480 e. The summed E-state index contributed by atoms with van der Waals surface area (Å²) in [6.07, 6.45) is 4.63. The van der Waals surface area contributed by atoms with Gasteiger partial charge in [0.15, 0.2) is 0 Å². The third kappa shape index (κ3) is 1.95. The molecule has 1 aromatic heterocycles. The number of hydrogen-bond acceptors (Lipinski definition) is 4. The number of rotatable bonds is 4. The van der Waals surface area contributed by atoms with Crippen LogP contribution in [0.15, 0.2) is 12.4 Å². The maximum Gasteiger partial charge on any atom is 0.237 e. The second-order valence-electron chi connectivity index (χ2n) is 4.09. The monoisotopic (exact) mass is 207 g/mol. The first-order chi connectivity index (χ1) is 7.27. The van der Waals surface area contributed by atoms with Gasteiger partial charge in [-0.1, -0.05) is 6.92 Å². The molecule has 0 radical (unpaired) electrons. The van der Waals surface area contributed by atoms with E-state index in [1.807, 2.05) is 7.05 Å². The van der Waals surface area contributed by atoms with E-state index in [2.05, 4.69) is 22.2 Å². The van der Waals surface area contributed by atoms with Crippen molar-refractivity contribution in [2.45, 2.75) is 19.4 Å².